The minimum atomic E-state index is 0. The third kappa shape index (κ3) is 9.54. The van der Waals surface area contributed by atoms with E-state index in [1.807, 2.05) is 0 Å². The summed E-state index contributed by atoms with van der Waals surface area (Å²) in [5.41, 5.74) is 0. The summed E-state index contributed by atoms with van der Waals surface area (Å²) in [5, 5.41) is 0. The van der Waals surface area contributed by atoms with E-state index >= 15 is 0 Å². The smallest absolute Gasteiger partial charge is 0 e. The van der Waals surface area contributed by atoms with E-state index in [0.29, 0.717) is 0 Å². The summed E-state index contributed by atoms with van der Waals surface area (Å²) in [6, 6.07) is 0. The van der Waals surface area contributed by atoms with Crippen LogP contribution in [0, 0.1) is 7.43 Å². The summed E-state index contributed by atoms with van der Waals surface area (Å²) in [4.78, 5) is 0. The normalized spacial score (nSPS) is 0. The molecule has 0 unspecified atom stereocenters. The molecule has 0 saturated heterocycles. The predicted molar refractivity (Wildman–Crippen MR) is 9.00 cm³/mol. The van der Waals surface area contributed by atoms with Crippen molar-refractivity contribution in [3.8, 4) is 0 Å². The molecule has 21 valence electrons. The van der Waals surface area contributed by atoms with Crippen molar-refractivity contribution in [1.82, 2.24) is 0 Å². The fourth-order valence-corrected chi connectivity index (χ4v) is 0. The molecule has 0 rings (SSSR count). The van der Waals surface area contributed by atoms with Crippen LogP contribution in [0.2, 0.25) is 0 Å². The van der Waals surface area contributed by atoms with Gasteiger partial charge in [-0.1, -0.05) is 0 Å². The standard InChI is InChI=1S/C.Al.Cr.Fe. The molecule has 0 spiro atoms. The molecule has 0 bridgehead atoms. The van der Waals surface area contributed by atoms with Crippen molar-refractivity contribution in [2.45, 2.75) is 0 Å². The minimum Gasteiger partial charge on any atom is 0 e. The molecule has 0 aliphatic rings. The maximum atomic E-state index is 0. The van der Waals surface area contributed by atoms with Crippen LogP contribution in [-0.4, -0.2) is 17.4 Å². The van der Waals surface area contributed by atoms with Gasteiger partial charge in [0, 0.05) is 59.2 Å². The molecule has 0 heterocycles. The van der Waals surface area contributed by atoms with Crippen molar-refractivity contribution < 1.29 is 34.4 Å². The van der Waals surface area contributed by atoms with Crippen LogP contribution in [-0.2, 0) is 34.4 Å². The Kier molecular flexibility index (Phi) is 274. The maximum Gasteiger partial charge on any atom is 0 e. The van der Waals surface area contributed by atoms with Crippen LogP contribution in [0.4, 0.5) is 0 Å². The van der Waals surface area contributed by atoms with Crippen LogP contribution in [0.15, 0.2) is 0 Å². The van der Waals surface area contributed by atoms with Gasteiger partial charge >= 0.3 is 0 Å². The van der Waals surface area contributed by atoms with Crippen LogP contribution in [0.3, 0.4) is 0 Å². The molecule has 0 aromatic heterocycles. The first-order valence-corrected chi connectivity index (χ1v) is 0. The summed E-state index contributed by atoms with van der Waals surface area (Å²) in [6.45, 7) is 0. The quantitative estimate of drug-likeness (QED) is 0.412. The van der Waals surface area contributed by atoms with E-state index in [2.05, 4.69) is 0 Å². The Labute approximate surface area is 59.1 Å². The zero-order valence-electron chi connectivity index (χ0n) is 1.84. The van der Waals surface area contributed by atoms with Crippen molar-refractivity contribution in [1.29, 1.82) is 0 Å². The Hall–Kier alpha value is 1.58. The molecular weight excluding hydrogens is 147 g/mol. The Morgan fingerprint density at radius 1 is 1.00 bits per heavy atom. The largest absolute Gasteiger partial charge is 0 e. The van der Waals surface area contributed by atoms with Gasteiger partial charge in [-0.2, -0.15) is 0 Å². The number of rotatable bonds is 0. The second-order valence-electron chi connectivity index (χ2n) is 0. The molecule has 0 N–H and O–H groups in total. The first-order valence-electron chi connectivity index (χ1n) is 0. The molecule has 7 radical (unpaired) electrons. The third-order valence-electron chi connectivity index (χ3n) is 0. The Balaban J connectivity index is 0. The second kappa shape index (κ2) is 23.5. The fourth-order valence-electron chi connectivity index (χ4n) is 0. The zero-order valence-corrected chi connectivity index (χ0v) is 5.37. The van der Waals surface area contributed by atoms with E-state index in [1.165, 1.54) is 0 Å². The molecule has 0 aliphatic carbocycles. The van der Waals surface area contributed by atoms with Crippen LogP contribution in [0.25, 0.3) is 0 Å². The molecule has 0 aromatic carbocycles. The van der Waals surface area contributed by atoms with Crippen LogP contribution >= 0.6 is 0 Å². The maximum absolute atomic E-state index is 0. The average Bonchev–Trinajstić information content (AvgIpc) is 0. The number of hydrogen-bond acceptors (Lipinski definition) is 0. The Bertz CT molecular complexity index is 8.00. The fraction of sp³-hybridized carbons (Fsp3) is 0. The van der Waals surface area contributed by atoms with Crippen molar-refractivity contribution in [3.63, 3.8) is 0 Å². The van der Waals surface area contributed by atoms with Gasteiger partial charge < -0.3 is 0 Å². The van der Waals surface area contributed by atoms with Gasteiger partial charge in [-0.3, -0.25) is 0 Å². The van der Waals surface area contributed by atoms with Gasteiger partial charge in [-0.05, 0) is 0 Å². The van der Waals surface area contributed by atoms with Crippen LogP contribution < -0.4 is 0 Å². The molecule has 0 atom stereocenters. The van der Waals surface area contributed by atoms with Gasteiger partial charge in [0.2, 0.25) is 0 Å². The summed E-state index contributed by atoms with van der Waals surface area (Å²) in [7, 11) is 0. The van der Waals surface area contributed by atoms with E-state index in [1.54, 1.807) is 0 Å². The first-order chi connectivity index (χ1) is 0. The molecule has 3 heteroatoms. The van der Waals surface area contributed by atoms with Crippen molar-refractivity contribution in [2.75, 3.05) is 0 Å². The van der Waals surface area contributed by atoms with Crippen molar-refractivity contribution in [2.24, 2.45) is 0 Å². The van der Waals surface area contributed by atoms with Gasteiger partial charge in [0.05, 0.1) is 0 Å². The van der Waals surface area contributed by atoms with E-state index < -0.39 is 0 Å². The predicted octanol–water partition coefficient (Wildman–Crippen LogP) is -0.305. The Morgan fingerprint density at radius 2 is 1.00 bits per heavy atom. The van der Waals surface area contributed by atoms with Gasteiger partial charge in [-0.25, -0.2) is 0 Å². The monoisotopic (exact) mass is 147 g/mol. The summed E-state index contributed by atoms with van der Waals surface area (Å²) in [5.74, 6) is 0. The van der Waals surface area contributed by atoms with E-state index in [9.17, 15) is 0 Å². The summed E-state index contributed by atoms with van der Waals surface area (Å²) < 4.78 is 0. The molecule has 0 saturated carbocycles. The van der Waals surface area contributed by atoms with E-state index in [0.717, 1.165) is 0 Å². The van der Waals surface area contributed by atoms with Crippen molar-refractivity contribution >= 4 is 17.4 Å². The molecule has 0 aromatic rings. The second-order valence-corrected chi connectivity index (χ2v) is 0. The van der Waals surface area contributed by atoms with Crippen LogP contribution in [0.1, 0.15) is 0 Å². The zero-order chi connectivity index (χ0) is 0. The van der Waals surface area contributed by atoms with Gasteiger partial charge in [0.1, 0.15) is 0 Å². The van der Waals surface area contributed by atoms with Gasteiger partial charge in [-0.15, -0.1) is 0 Å². The average molecular weight is 147 g/mol. The molecule has 0 amide bonds. The van der Waals surface area contributed by atoms with Crippen LogP contribution in [0.5, 0.6) is 0 Å². The summed E-state index contributed by atoms with van der Waals surface area (Å²) >= 11 is 0. The topological polar surface area (TPSA) is 0 Å². The molecule has 0 aliphatic heterocycles. The molecule has 0 fully saturated rings. The van der Waals surface area contributed by atoms with E-state index in [4.69, 9.17) is 0 Å². The Morgan fingerprint density at radius 3 is 1.00 bits per heavy atom. The third-order valence-corrected chi connectivity index (χ3v) is 0. The molecule has 4 heavy (non-hydrogen) atoms. The molecular formula is CAlCrFe. The number of hydrogen-bond donors (Lipinski definition) is 0. The van der Waals surface area contributed by atoms with E-state index in [-0.39, 0.29) is 59.2 Å². The minimum absolute atomic E-state index is 0. The van der Waals surface area contributed by atoms with Gasteiger partial charge in [0.25, 0.3) is 0 Å². The van der Waals surface area contributed by atoms with Gasteiger partial charge in [0.15, 0.2) is 0 Å². The molecule has 0 nitrogen and oxygen atoms in total. The summed E-state index contributed by atoms with van der Waals surface area (Å²) in [6.07, 6.45) is 0. The SMILES string of the molecule is [Al].[C].[Cr].[Fe]. The first kappa shape index (κ1) is 46.8. The van der Waals surface area contributed by atoms with Crippen molar-refractivity contribution in [3.05, 3.63) is 7.43 Å².